The first-order valence-electron chi connectivity index (χ1n) is 14.4. The summed E-state index contributed by atoms with van der Waals surface area (Å²) >= 11 is 0. The van der Waals surface area contributed by atoms with Gasteiger partial charge in [0.25, 0.3) is 0 Å². The standard InChI is InChI=1S/C34H26N6O12/c1-51-27-13-21(39-37-19-3-5-23(31(43)44)25(11-19)33(47)48)9-17(29(27)41)15-35-7-8-36-16-18-10-22(14-28(52-2)30(18)42)40-38-20-4-6-24(32(45)46)26(12-20)34(49)50/h3-16,41-42H,1-2H3,(H,43,44)(H,45,46)(H,47,48)(H,49,50)/b8-7-,35-15?,36-16?,39-37?,40-38?. The Kier molecular flexibility index (Phi) is 11.8. The van der Waals surface area contributed by atoms with Crippen molar-refractivity contribution in [3.63, 3.8) is 0 Å². The minimum atomic E-state index is -1.45. The number of rotatable bonds is 14. The highest BCUT2D eigenvalue weighted by atomic mass is 16.5. The second kappa shape index (κ2) is 16.6. The predicted molar refractivity (Wildman–Crippen MR) is 183 cm³/mol. The Morgan fingerprint density at radius 2 is 0.846 bits per heavy atom. The monoisotopic (exact) mass is 710 g/mol. The number of aliphatic imine (C=N–C) groups is 2. The molecule has 6 N–H and O–H groups in total. The normalized spacial score (nSPS) is 11.7. The topological polar surface area (TPSA) is 282 Å². The SMILES string of the molecule is COc1cc(N=Nc2ccc(C(=O)O)c(C(=O)O)c2)cc(C=N/C=C\N=Cc2cc(N=Nc3ccc(C(=O)O)c(C(=O)O)c3)cc(OC)c2O)c1O. The van der Waals surface area contributed by atoms with Crippen LogP contribution in [-0.2, 0) is 0 Å². The van der Waals surface area contributed by atoms with Crippen molar-refractivity contribution in [1.29, 1.82) is 0 Å². The van der Waals surface area contributed by atoms with Crippen LogP contribution in [0.25, 0.3) is 0 Å². The van der Waals surface area contributed by atoms with Gasteiger partial charge in [-0.05, 0) is 48.5 Å². The average molecular weight is 711 g/mol. The molecule has 0 bridgehead atoms. The zero-order valence-electron chi connectivity index (χ0n) is 26.9. The molecular weight excluding hydrogens is 684 g/mol. The summed E-state index contributed by atoms with van der Waals surface area (Å²) in [6.45, 7) is 0. The van der Waals surface area contributed by atoms with Crippen molar-refractivity contribution in [3.05, 3.63) is 106 Å². The summed E-state index contributed by atoms with van der Waals surface area (Å²) in [7, 11) is 2.62. The first-order valence-corrected chi connectivity index (χ1v) is 14.4. The van der Waals surface area contributed by atoms with E-state index in [0.29, 0.717) is 0 Å². The lowest BCUT2D eigenvalue weighted by Gasteiger charge is -2.07. The Balaban J connectivity index is 1.52. The number of carboxylic acids is 4. The second-order valence-electron chi connectivity index (χ2n) is 10.1. The number of hydrogen-bond acceptors (Lipinski definition) is 14. The molecule has 0 saturated heterocycles. The first-order chi connectivity index (χ1) is 24.8. The van der Waals surface area contributed by atoms with Crippen LogP contribution in [0.3, 0.4) is 0 Å². The summed E-state index contributed by atoms with van der Waals surface area (Å²) in [5, 5.41) is 74.2. The van der Waals surface area contributed by atoms with Gasteiger partial charge in [-0.25, -0.2) is 19.2 Å². The second-order valence-corrected chi connectivity index (χ2v) is 10.1. The molecule has 4 rings (SSSR count). The van der Waals surface area contributed by atoms with Crippen LogP contribution in [0.15, 0.2) is 104 Å². The lowest BCUT2D eigenvalue weighted by molar-refractivity contribution is 0.0651. The van der Waals surface area contributed by atoms with Gasteiger partial charge in [0.1, 0.15) is 0 Å². The van der Waals surface area contributed by atoms with E-state index in [1.807, 2.05) is 0 Å². The quantitative estimate of drug-likeness (QED) is 0.0585. The van der Waals surface area contributed by atoms with Gasteiger partial charge < -0.3 is 40.1 Å². The van der Waals surface area contributed by atoms with Crippen LogP contribution < -0.4 is 9.47 Å². The third-order valence-corrected chi connectivity index (χ3v) is 6.77. The number of methoxy groups -OCH3 is 2. The van der Waals surface area contributed by atoms with E-state index < -0.39 is 46.1 Å². The number of phenols is 2. The van der Waals surface area contributed by atoms with E-state index in [2.05, 4.69) is 30.4 Å². The van der Waals surface area contributed by atoms with Gasteiger partial charge >= 0.3 is 23.9 Å². The molecule has 264 valence electrons. The minimum Gasteiger partial charge on any atom is -0.504 e. The first kappa shape index (κ1) is 37.1. The maximum atomic E-state index is 11.5. The van der Waals surface area contributed by atoms with Crippen LogP contribution in [0.2, 0.25) is 0 Å². The van der Waals surface area contributed by atoms with Gasteiger partial charge in [0.05, 0.1) is 59.2 Å². The number of benzene rings is 4. The molecule has 0 fully saturated rings. The maximum absolute atomic E-state index is 11.5. The van der Waals surface area contributed by atoms with Crippen molar-refractivity contribution < 1.29 is 59.3 Å². The summed E-state index contributed by atoms with van der Waals surface area (Å²) < 4.78 is 10.4. The van der Waals surface area contributed by atoms with Crippen molar-refractivity contribution in [1.82, 2.24) is 0 Å². The highest BCUT2D eigenvalue weighted by Gasteiger charge is 2.18. The summed E-state index contributed by atoms with van der Waals surface area (Å²) in [4.78, 5) is 53.7. The van der Waals surface area contributed by atoms with Crippen LogP contribution in [0.1, 0.15) is 52.6 Å². The Hall–Kier alpha value is -7.76. The number of phenolic OH excluding ortho intramolecular Hbond substituents is 2. The molecule has 18 heteroatoms. The maximum Gasteiger partial charge on any atom is 0.336 e. The van der Waals surface area contributed by atoms with E-state index in [4.69, 9.17) is 9.47 Å². The molecule has 0 aliphatic heterocycles. The van der Waals surface area contributed by atoms with Crippen LogP contribution in [0, 0.1) is 0 Å². The van der Waals surface area contributed by atoms with Gasteiger partial charge in [-0.1, -0.05) is 0 Å². The highest BCUT2D eigenvalue weighted by Crippen LogP contribution is 2.36. The fourth-order valence-corrected chi connectivity index (χ4v) is 4.32. The Morgan fingerprint density at radius 1 is 0.500 bits per heavy atom. The average Bonchev–Trinajstić information content (AvgIpc) is 3.12. The van der Waals surface area contributed by atoms with E-state index in [-0.39, 0.29) is 56.9 Å². The van der Waals surface area contributed by atoms with Crippen molar-refractivity contribution in [2.45, 2.75) is 0 Å². The lowest BCUT2D eigenvalue weighted by Crippen LogP contribution is -2.07. The highest BCUT2D eigenvalue weighted by molar-refractivity contribution is 6.03. The molecule has 0 amide bonds. The van der Waals surface area contributed by atoms with E-state index in [9.17, 15) is 49.8 Å². The van der Waals surface area contributed by atoms with E-state index in [0.717, 1.165) is 24.3 Å². The molecule has 0 aromatic heterocycles. The molecule has 0 radical (unpaired) electrons. The molecule has 18 nitrogen and oxygen atoms in total. The van der Waals surface area contributed by atoms with E-state index in [1.165, 1.54) is 75.4 Å². The van der Waals surface area contributed by atoms with E-state index >= 15 is 0 Å². The van der Waals surface area contributed by atoms with Crippen molar-refractivity contribution in [2.24, 2.45) is 30.4 Å². The Bertz CT molecular complexity index is 2070. The van der Waals surface area contributed by atoms with Crippen LogP contribution in [0.4, 0.5) is 22.7 Å². The summed E-state index contributed by atoms with van der Waals surface area (Å²) in [5.74, 6) is -6.24. The number of ether oxygens (including phenoxy) is 2. The number of carbonyl (C=O) groups is 4. The van der Waals surface area contributed by atoms with Crippen LogP contribution in [-0.4, -0.2) is 81.2 Å². The molecule has 52 heavy (non-hydrogen) atoms. The molecular formula is C34H26N6O12. The minimum absolute atomic E-state index is 0.0217. The summed E-state index contributed by atoms with van der Waals surface area (Å²) in [6, 6.07) is 12.4. The fraction of sp³-hybridized carbons (Fsp3) is 0.0588. The zero-order valence-corrected chi connectivity index (χ0v) is 26.9. The fourth-order valence-electron chi connectivity index (χ4n) is 4.32. The van der Waals surface area contributed by atoms with E-state index in [1.54, 1.807) is 0 Å². The third kappa shape index (κ3) is 9.02. The van der Waals surface area contributed by atoms with Gasteiger partial charge in [-0.15, -0.1) is 0 Å². The number of aromatic hydroxyl groups is 2. The van der Waals surface area contributed by atoms with Crippen LogP contribution in [0.5, 0.6) is 23.0 Å². The van der Waals surface area contributed by atoms with Crippen molar-refractivity contribution in [3.8, 4) is 23.0 Å². The van der Waals surface area contributed by atoms with Gasteiger partial charge in [0, 0.05) is 48.1 Å². The number of azo groups is 2. The molecule has 4 aromatic carbocycles. The van der Waals surface area contributed by atoms with Crippen molar-refractivity contribution >= 4 is 59.1 Å². The van der Waals surface area contributed by atoms with Gasteiger partial charge in [0.15, 0.2) is 23.0 Å². The summed E-state index contributed by atoms with van der Waals surface area (Å²) in [6.07, 6.45) is 5.03. The number of nitrogens with zero attached hydrogens (tertiary/aromatic N) is 6. The molecule has 0 spiro atoms. The number of aromatic carboxylic acids is 4. The zero-order chi connectivity index (χ0) is 37.9. The molecule has 0 aliphatic carbocycles. The van der Waals surface area contributed by atoms with Gasteiger partial charge in [-0.2, -0.15) is 20.5 Å². The van der Waals surface area contributed by atoms with Gasteiger partial charge in [-0.3, -0.25) is 9.98 Å². The summed E-state index contributed by atoms with van der Waals surface area (Å²) in [5.41, 5.74) is -0.981. The van der Waals surface area contributed by atoms with Gasteiger partial charge in [0.2, 0.25) is 0 Å². The molecule has 4 aromatic rings. The molecule has 0 aliphatic rings. The number of carboxylic acid groups (broad SMARTS) is 4. The third-order valence-electron chi connectivity index (χ3n) is 6.77. The Labute approximate surface area is 292 Å². The lowest BCUT2D eigenvalue weighted by atomic mass is 10.1. The van der Waals surface area contributed by atoms with Crippen molar-refractivity contribution in [2.75, 3.05) is 14.2 Å². The largest absolute Gasteiger partial charge is 0.504 e. The molecule has 0 heterocycles. The molecule has 0 saturated carbocycles. The predicted octanol–water partition coefficient (Wildman–Crippen LogP) is 6.75. The van der Waals surface area contributed by atoms with Crippen LogP contribution >= 0.6 is 0 Å². The smallest absolute Gasteiger partial charge is 0.336 e. The Morgan fingerprint density at radius 3 is 1.17 bits per heavy atom. The molecule has 0 unspecified atom stereocenters. The molecule has 0 atom stereocenters. The number of hydrogen-bond donors (Lipinski definition) is 6.